The summed E-state index contributed by atoms with van der Waals surface area (Å²) in [7, 11) is 0. The van der Waals surface area contributed by atoms with Gasteiger partial charge in [0, 0.05) is 39.8 Å². The van der Waals surface area contributed by atoms with E-state index < -0.39 is 11.4 Å². The van der Waals surface area contributed by atoms with Crippen molar-refractivity contribution in [3.8, 4) is 0 Å². The van der Waals surface area contributed by atoms with Crippen molar-refractivity contribution in [1.82, 2.24) is 15.0 Å². The number of pyridine rings is 1. The second-order valence-electron chi connectivity index (χ2n) is 6.84. The summed E-state index contributed by atoms with van der Waals surface area (Å²) >= 11 is -1.03. The third kappa shape index (κ3) is 1.58. The molecule has 0 saturated carbocycles. The molecule has 0 bridgehead atoms. The van der Waals surface area contributed by atoms with Gasteiger partial charge in [-0.2, -0.15) is 0 Å². The molecule has 3 heterocycles. The number of piperidine rings is 1. The van der Waals surface area contributed by atoms with E-state index in [1.807, 2.05) is 6.20 Å². The van der Waals surface area contributed by atoms with Gasteiger partial charge in [0.1, 0.15) is 0 Å². The average Bonchev–Trinajstić information content (AvgIpc) is 2.72. The Bertz CT molecular complexity index is 554. The van der Waals surface area contributed by atoms with Crippen molar-refractivity contribution in [2.45, 2.75) is 43.9 Å². The van der Waals surface area contributed by atoms with Gasteiger partial charge in [-0.15, -0.1) is 4.72 Å². The van der Waals surface area contributed by atoms with Crippen molar-refractivity contribution in [3.05, 3.63) is 29.1 Å². The Morgan fingerprint density at radius 1 is 1.35 bits per heavy atom. The Morgan fingerprint density at radius 3 is 2.85 bits per heavy atom. The molecule has 108 valence electrons. The fraction of sp³-hybridized carbons (Fsp3) is 0.667. The van der Waals surface area contributed by atoms with Crippen LogP contribution in [0.2, 0.25) is 0 Å². The minimum absolute atomic E-state index is 0.211. The van der Waals surface area contributed by atoms with Crippen molar-refractivity contribution in [2.24, 2.45) is 5.41 Å². The fourth-order valence-corrected chi connectivity index (χ4v) is 5.43. The zero-order valence-corrected chi connectivity index (χ0v) is 12.8. The summed E-state index contributed by atoms with van der Waals surface area (Å²) < 4.78 is 15.8. The lowest BCUT2D eigenvalue weighted by molar-refractivity contribution is 0.160. The molecule has 1 aliphatic carbocycles. The number of nitrogens with one attached hydrogen (secondary N) is 2. The van der Waals surface area contributed by atoms with Crippen LogP contribution in [0.3, 0.4) is 0 Å². The normalized spacial score (nSPS) is 33.1. The average molecular weight is 291 g/mol. The van der Waals surface area contributed by atoms with Crippen LogP contribution in [-0.2, 0) is 22.5 Å². The van der Waals surface area contributed by atoms with E-state index in [1.54, 1.807) is 0 Å². The highest BCUT2D eigenvalue weighted by atomic mass is 32.2. The van der Waals surface area contributed by atoms with E-state index >= 15 is 0 Å². The van der Waals surface area contributed by atoms with E-state index in [0.717, 1.165) is 32.4 Å². The lowest BCUT2D eigenvalue weighted by atomic mass is 9.73. The highest BCUT2D eigenvalue weighted by Gasteiger charge is 2.56. The van der Waals surface area contributed by atoms with Gasteiger partial charge in [0.2, 0.25) is 0 Å². The van der Waals surface area contributed by atoms with Crippen LogP contribution >= 0.6 is 0 Å². The Balaban J connectivity index is 1.87. The van der Waals surface area contributed by atoms with E-state index in [2.05, 4.69) is 34.9 Å². The van der Waals surface area contributed by atoms with Crippen molar-refractivity contribution >= 4 is 11.4 Å². The monoisotopic (exact) mass is 291 g/mol. The summed E-state index contributed by atoms with van der Waals surface area (Å²) in [5, 5.41) is 3.44. The number of hydrogen-bond acceptors (Lipinski definition) is 4. The molecular formula is C15H21N3OS. The molecule has 1 aromatic heterocycles. The summed E-state index contributed by atoms with van der Waals surface area (Å²) in [6.07, 6.45) is 5.20. The minimum atomic E-state index is -1.03. The second-order valence-corrected chi connectivity index (χ2v) is 8.63. The molecule has 2 aliphatic heterocycles. The molecule has 20 heavy (non-hydrogen) atoms. The van der Waals surface area contributed by atoms with E-state index in [1.165, 1.54) is 16.8 Å². The van der Waals surface area contributed by atoms with Crippen molar-refractivity contribution in [3.63, 3.8) is 0 Å². The second kappa shape index (κ2) is 4.19. The van der Waals surface area contributed by atoms with Crippen LogP contribution in [0.15, 0.2) is 12.3 Å². The Morgan fingerprint density at radius 2 is 2.10 bits per heavy atom. The first-order chi connectivity index (χ1) is 9.55. The molecule has 5 heteroatoms. The first kappa shape index (κ1) is 13.1. The molecule has 0 aromatic carbocycles. The lowest BCUT2D eigenvalue weighted by Crippen LogP contribution is -2.52. The highest BCUT2D eigenvalue weighted by Crippen LogP contribution is 2.56. The maximum Gasteiger partial charge on any atom is 0.164 e. The SMILES string of the molecule is CC1(C)c2ccnc3c2[C@@H](N[S+]1[O-])C1(CCNCC1)C3. The van der Waals surface area contributed by atoms with E-state index in [4.69, 9.17) is 0 Å². The lowest BCUT2D eigenvalue weighted by Gasteiger charge is -2.44. The zero-order valence-electron chi connectivity index (χ0n) is 12.0. The first-order valence-electron chi connectivity index (χ1n) is 7.42. The van der Waals surface area contributed by atoms with Crippen LogP contribution in [0, 0.1) is 5.41 Å². The van der Waals surface area contributed by atoms with Gasteiger partial charge in [0.25, 0.3) is 0 Å². The first-order valence-corrected chi connectivity index (χ1v) is 8.57. The van der Waals surface area contributed by atoms with Crippen LogP contribution in [0.5, 0.6) is 0 Å². The van der Waals surface area contributed by atoms with Crippen molar-refractivity contribution in [2.75, 3.05) is 13.1 Å². The number of fused-ring (bicyclic) bond motifs is 1. The number of rotatable bonds is 0. The molecule has 1 saturated heterocycles. The maximum absolute atomic E-state index is 12.7. The zero-order chi connectivity index (χ0) is 14.0. The molecule has 4 rings (SSSR count). The quantitative estimate of drug-likeness (QED) is 0.712. The van der Waals surface area contributed by atoms with Crippen molar-refractivity contribution in [1.29, 1.82) is 0 Å². The van der Waals surface area contributed by atoms with Crippen LogP contribution in [-0.4, -0.2) is 22.6 Å². The Hall–Kier alpha value is -0.620. The van der Waals surface area contributed by atoms with Gasteiger partial charge in [0.15, 0.2) is 4.75 Å². The number of hydrogen-bond donors (Lipinski definition) is 2. The molecule has 2 N–H and O–H groups in total. The topological polar surface area (TPSA) is 60.0 Å². The molecule has 0 radical (unpaired) electrons. The molecule has 1 aromatic rings. The molecule has 0 amide bonds. The van der Waals surface area contributed by atoms with Gasteiger partial charge in [-0.3, -0.25) is 4.98 Å². The molecule has 2 atom stereocenters. The summed E-state index contributed by atoms with van der Waals surface area (Å²) in [5.74, 6) is 0. The molecule has 4 nitrogen and oxygen atoms in total. The standard InChI is InChI=1S/C15H21N3OS/c1-14(2)10-3-6-17-11-9-15(4-7-16-8-5-15)13(12(10)11)18-20(14)19/h3,6,13,16,18H,4-5,7-9H2,1-2H3/t13-,20?/m1/s1. The summed E-state index contributed by atoms with van der Waals surface area (Å²) in [6, 6.07) is 2.29. The largest absolute Gasteiger partial charge is 0.597 e. The van der Waals surface area contributed by atoms with Gasteiger partial charge >= 0.3 is 0 Å². The van der Waals surface area contributed by atoms with E-state index in [-0.39, 0.29) is 16.2 Å². The smallest absolute Gasteiger partial charge is 0.164 e. The molecular weight excluding hydrogens is 270 g/mol. The van der Waals surface area contributed by atoms with E-state index in [9.17, 15) is 4.55 Å². The molecule has 1 unspecified atom stereocenters. The summed E-state index contributed by atoms with van der Waals surface area (Å²) in [6.45, 7) is 6.24. The van der Waals surface area contributed by atoms with Crippen LogP contribution in [0.25, 0.3) is 0 Å². The predicted octanol–water partition coefficient (Wildman–Crippen LogP) is 1.55. The van der Waals surface area contributed by atoms with Crippen LogP contribution in [0.4, 0.5) is 0 Å². The summed E-state index contributed by atoms with van der Waals surface area (Å²) in [5.41, 5.74) is 4.02. The maximum atomic E-state index is 12.7. The minimum Gasteiger partial charge on any atom is -0.597 e. The Labute approximate surface area is 123 Å². The van der Waals surface area contributed by atoms with E-state index in [0.29, 0.717) is 0 Å². The van der Waals surface area contributed by atoms with Gasteiger partial charge in [-0.1, -0.05) is 0 Å². The fourth-order valence-electron chi connectivity index (χ4n) is 4.17. The molecule has 1 spiro atoms. The number of aromatic nitrogens is 1. The molecule has 3 aliphatic rings. The van der Waals surface area contributed by atoms with Crippen LogP contribution < -0.4 is 10.0 Å². The van der Waals surface area contributed by atoms with Crippen molar-refractivity contribution < 1.29 is 4.55 Å². The third-order valence-corrected chi connectivity index (χ3v) is 7.03. The number of nitrogens with zero attached hydrogens (tertiary/aromatic N) is 1. The third-order valence-electron chi connectivity index (χ3n) is 5.43. The van der Waals surface area contributed by atoms with Gasteiger partial charge < -0.3 is 9.87 Å². The Kier molecular flexibility index (Phi) is 2.74. The van der Waals surface area contributed by atoms with Crippen LogP contribution in [0.1, 0.15) is 49.6 Å². The van der Waals surface area contributed by atoms with Gasteiger partial charge in [0.05, 0.1) is 6.04 Å². The highest BCUT2D eigenvalue weighted by molar-refractivity contribution is 7.90. The van der Waals surface area contributed by atoms with Gasteiger partial charge in [-0.05, 0) is 52.3 Å². The van der Waals surface area contributed by atoms with Gasteiger partial charge in [-0.25, -0.2) is 0 Å². The molecule has 1 fully saturated rings. The summed E-state index contributed by atoms with van der Waals surface area (Å²) in [4.78, 5) is 4.63. The predicted molar refractivity (Wildman–Crippen MR) is 79.5 cm³/mol.